The number of nitrogens with one attached hydrogen (secondary N) is 1. The van der Waals surface area contributed by atoms with E-state index in [1.807, 2.05) is 6.07 Å². The quantitative estimate of drug-likeness (QED) is 0.805. The number of aliphatic carboxylic acids is 1. The van der Waals surface area contributed by atoms with Crippen LogP contribution in [0.4, 0.5) is 0 Å². The number of carbonyl (C=O) groups is 1. The maximum Gasteiger partial charge on any atom is 0.322 e. The molecule has 2 heterocycles. The first kappa shape index (κ1) is 15.3. The van der Waals surface area contributed by atoms with Crippen molar-refractivity contribution in [1.29, 1.82) is 0 Å². The normalized spacial score (nSPS) is 16.5. The molecule has 1 aliphatic carbocycles. The van der Waals surface area contributed by atoms with Crippen LogP contribution in [-0.4, -0.2) is 25.5 Å². The molecule has 0 spiro atoms. The molecule has 8 heteroatoms. The van der Waals surface area contributed by atoms with Crippen LogP contribution in [0.1, 0.15) is 29.2 Å². The van der Waals surface area contributed by atoms with Gasteiger partial charge < -0.3 is 9.52 Å². The van der Waals surface area contributed by atoms with Crippen molar-refractivity contribution in [3.8, 4) is 0 Å². The molecule has 22 heavy (non-hydrogen) atoms. The zero-order valence-electron chi connectivity index (χ0n) is 11.6. The van der Waals surface area contributed by atoms with Gasteiger partial charge in [0.05, 0.1) is 12.5 Å². The minimum Gasteiger partial charge on any atom is -0.480 e. The second-order valence-corrected chi connectivity index (χ2v) is 8.34. The third-order valence-corrected chi connectivity index (χ3v) is 6.67. The van der Waals surface area contributed by atoms with Gasteiger partial charge in [0, 0.05) is 11.3 Å². The van der Waals surface area contributed by atoms with Crippen LogP contribution in [0, 0.1) is 0 Å². The van der Waals surface area contributed by atoms with Crippen LogP contribution in [0.25, 0.3) is 0 Å². The Balaban J connectivity index is 1.76. The molecule has 6 nitrogen and oxygen atoms in total. The van der Waals surface area contributed by atoms with Crippen molar-refractivity contribution in [3.63, 3.8) is 0 Å². The van der Waals surface area contributed by atoms with Crippen LogP contribution in [0.2, 0.25) is 0 Å². The van der Waals surface area contributed by atoms with E-state index < -0.39 is 22.0 Å². The summed E-state index contributed by atoms with van der Waals surface area (Å²) in [4.78, 5) is 12.3. The third kappa shape index (κ3) is 3.40. The molecule has 2 aromatic heterocycles. The number of hydrogen-bond donors (Lipinski definition) is 2. The highest BCUT2D eigenvalue weighted by Crippen LogP contribution is 2.43. The second-order valence-electron chi connectivity index (χ2n) is 5.28. The minimum atomic E-state index is -3.84. The predicted molar refractivity (Wildman–Crippen MR) is 80.5 cm³/mol. The molecule has 1 fully saturated rings. The number of furan rings is 1. The van der Waals surface area contributed by atoms with Crippen LogP contribution < -0.4 is 4.72 Å². The molecule has 118 valence electrons. The van der Waals surface area contributed by atoms with Crippen LogP contribution in [0.5, 0.6) is 0 Å². The Labute approximate surface area is 131 Å². The van der Waals surface area contributed by atoms with E-state index >= 15 is 0 Å². The largest absolute Gasteiger partial charge is 0.480 e. The van der Waals surface area contributed by atoms with Gasteiger partial charge in [0.1, 0.15) is 10.3 Å². The first-order valence-corrected chi connectivity index (χ1v) is 9.11. The number of carboxylic acids is 1. The summed E-state index contributed by atoms with van der Waals surface area (Å²) < 4.78 is 32.0. The maximum atomic E-state index is 12.3. The Morgan fingerprint density at radius 3 is 2.77 bits per heavy atom. The van der Waals surface area contributed by atoms with Gasteiger partial charge in [-0.2, -0.15) is 4.72 Å². The Bertz CT molecular complexity index is 759. The van der Waals surface area contributed by atoms with Crippen molar-refractivity contribution < 1.29 is 22.7 Å². The summed E-state index contributed by atoms with van der Waals surface area (Å²) in [5, 5.41) is 9.23. The van der Waals surface area contributed by atoms with Crippen LogP contribution in [0.3, 0.4) is 0 Å². The molecular formula is C14H15NO5S2. The molecule has 3 rings (SSSR count). The van der Waals surface area contributed by atoms with Crippen molar-refractivity contribution in [2.24, 2.45) is 0 Å². The molecule has 0 aromatic carbocycles. The maximum absolute atomic E-state index is 12.3. The fourth-order valence-corrected chi connectivity index (χ4v) is 4.84. The molecule has 0 bridgehead atoms. The molecule has 1 unspecified atom stereocenters. The van der Waals surface area contributed by atoms with Gasteiger partial charge in [-0.3, -0.25) is 4.79 Å². The average molecular weight is 341 g/mol. The highest BCUT2D eigenvalue weighted by Gasteiger charge is 2.30. The zero-order valence-corrected chi connectivity index (χ0v) is 13.2. The van der Waals surface area contributed by atoms with Crippen LogP contribution in [-0.2, 0) is 21.2 Å². The van der Waals surface area contributed by atoms with Crippen molar-refractivity contribution >= 4 is 27.3 Å². The fraction of sp³-hybridized carbons (Fsp3) is 0.357. The molecule has 1 atom stereocenters. The summed E-state index contributed by atoms with van der Waals surface area (Å²) in [6.07, 6.45) is 5.04. The summed E-state index contributed by atoms with van der Waals surface area (Å²) >= 11 is 1.21. The number of carboxylic acid groups (broad SMARTS) is 1. The van der Waals surface area contributed by atoms with E-state index in [9.17, 15) is 18.3 Å². The van der Waals surface area contributed by atoms with Crippen molar-refractivity contribution in [2.75, 3.05) is 0 Å². The molecule has 0 radical (unpaired) electrons. The van der Waals surface area contributed by atoms with Crippen molar-refractivity contribution in [2.45, 2.75) is 35.4 Å². The first-order chi connectivity index (χ1) is 10.5. The van der Waals surface area contributed by atoms with Gasteiger partial charge in [-0.1, -0.05) is 0 Å². The lowest BCUT2D eigenvalue weighted by Gasteiger charge is -2.13. The Morgan fingerprint density at radius 2 is 2.18 bits per heavy atom. The topological polar surface area (TPSA) is 96.6 Å². The van der Waals surface area contributed by atoms with E-state index in [0.717, 1.165) is 17.7 Å². The van der Waals surface area contributed by atoms with E-state index in [1.54, 1.807) is 6.07 Å². The third-order valence-electron chi connectivity index (χ3n) is 3.46. The lowest BCUT2D eigenvalue weighted by atomic mass is 10.1. The molecular weight excluding hydrogens is 326 g/mol. The van der Waals surface area contributed by atoms with E-state index in [-0.39, 0.29) is 10.6 Å². The van der Waals surface area contributed by atoms with Gasteiger partial charge in [-0.25, -0.2) is 8.42 Å². The van der Waals surface area contributed by atoms with E-state index in [0.29, 0.717) is 11.5 Å². The second kappa shape index (κ2) is 5.86. The van der Waals surface area contributed by atoms with Crippen LogP contribution in [0.15, 0.2) is 39.4 Å². The smallest absolute Gasteiger partial charge is 0.322 e. The number of hydrogen-bond acceptors (Lipinski definition) is 5. The average Bonchev–Trinajstić information content (AvgIpc) is 2.98. The number of thiophene rings is 1. The summed E-state index contributed by atoms with van der Waals surface area (Å²) in [7, 11) is -3.84. The molecule has 0 amide bonds. The number of rotatable bonds is 7. The van der Waals surface area contributed by atoms with Gasteiger partial charge >= 0.3 is 5.97 Å². The number of sulfonamides is 1. The molecule has 1 saturated carbocycles. The first-order valence-electron chi connectivity index (χ1n) is 6.81. The lowest BCUT2D eigenvalue weighted by Crippen LogP contribution is -2.41. The van der Waals surface area contributed by atoms with Crippen molar-refractivity contribution in [1.82, 2.24) is 4.72 Å². The highest BCUT2D eigenvalue weighted by molar-refractivity contribution is 7.91. The SMILES string of the molecule is O=C(O)C(Cc1ccoc1)NS(=O)(=O)c1ccc(C2CC2)s1. The van der Waals surface area contributed by atoms with Gasteiger partial charge in [0.2, 0.25) is 0 Å². The van der Waals surface area contributed by atoms with Gasteiger partial charge in [-0.15, -0.1) is 11.3 Å². The molecule has 2 aromatic rings. The zero-order chi connectivity index (χ0) is 15.7. The van der Waals surface area contributed by atoms with Gasteiger partial charge in [0.25, 0.3) is 10.0 Å². The lowest BCUT2D eigenvalue weighted by molar-refractivity contribution is -0.138. The fourth-order valence-electron chi connectivity index (χ4n) is 2.14. The van der Waals surface area contributed by atoms with E-state index in [2.05, 4.69) is 4.72 Å². The van der Waals surface area contributed by atoms with E-state index in [1.165, 1.54) is 29.9 Å². The standard InChI is InChI=1S/C14H15NO5S2/c16-14(17)11(7-9-5-6-20-8-9)15-22(18,19)13-4-3-12(21-13)10-1-2-10/h3-6,8,10-11,15H,1-2,7H2,(H,16,17). The Kier molecular flexibility index (Phi) is 4.07. The van der Waals surface area contributed by atoms with Crippen molar-refractivity contribution in [3.05, 3.63) is 41.2 Å². The minimum absolute atomic E-state index is 0.0337. The summed E-state index contributed by atoms with van der Waals surface area (Å²) in [5.41, 5.74) is 0.625. The van der Waals surface area contributed by atoms with Gasteiger partial charge in [-0.05, 0) is 42.5 Å². The summed E-state index contributed by atoms with van der Waals surface area (Å²) in [6.45, 7) is 0. The van der Waals surface area contributed by atoms with E-state index in [4.69, 9.17) is 4.42 Å². The monoisotopic (exact) mass is 341 g/mol. The summed E-state index contributed by atoms with van der Waals surface area (Å²) in [6, 6.07) is 3.73. The molecule has 0 saturated heterocycles. The van der Waals surface area contributed by atoms with Gasteiger partial charge in [0.15, 0.2) is 0 Å². The van der Waals surface area contributed by atoms with Crippen LogP contribution >= 0.6 is 11.3 Å². The molecule has 0 aliphatic heterocycles. The Hall–Kier alpha value is -1.64. The Morgan fingerprint density at radius 1 is 1.41 bits per heavy atom. The summed E-state index contributed by atoms with van der Waals surface area (Å²) in [5.74, 6) is -0.751. The predicted octanol–water partition coefficient (Wildman–Crippen LogP) is 2.19. The molecule has 1 aliphatic rings. The molecule has 2 N–H and O–H groups in total. The highest BCUT2D eigenvalue weighted by atomic mass is 32.2.